The quantitative estimate of drug-likeness (QED) is 0.194. The number of aliphatic hydroxyl groups excluding tert-OH is 1. The fourth-order valence-corrected chi connectivity index (χ4v) is 5.42. The number of aromatic nitrogens is 1. The second-order valence-electron chi connectivity index (χ2n) is 7.71. The summed E-state index contributed by atoms with van der Waals surface area (Å²) in [5.41, 5.74) is 1.08. The highest BCUT2D eigenvalue weighted by Crippen LogP contribution is 2.45. The third-order valence-corrected chi connectivity index (χ3v) is 7.21. The van der Waals surface area contributed by atoms with E-state index in [0.717, 1.165) is 4.70 Å². The summed E-state index contributed by atoms with van der Waals surface area (Å²) in [6, 6.07) is 14.8. The van der Waals surface area contributed by atoms with Gasteiger partial charge >= 0.3 is 5.91 Å². The lowest BCUT2D eigenvalue weighted by atomic mass is 9.95. The topological polar surface area (TPSA) is 100.0 Å². The summed E-state index contributed by atoms with van der Waals surface area (Å²) in [5.74, 6) is -1.77. The molecule has 0 spiro atoms. The number of hydrogen-bond acceptors (Lipinski definition) is 7. The van der Waals surface area contributed by atoms with Crippen molar-refractivity contribution in [1.29, 1.82) is 0 Å². The van der Waals surface area contributed by atoms with E-state index in [1.54, 1.807) is 36.4 Å². The Balaban J connectivity index is 1.75. The number of ketones is 1. The molecule has 0 saturated carbocycles. The predicted molar refractivity (Wildman–Crippen MR) is 136 cm³/mol. The van der Waals surface area contributed by atoms with Crippen LogP contribution in [0.3, 0.4) is 0 Å². The van der Waals surface area contributed by atoms with Crippen LogP contribution in [0.5, 0.6) is 11.5 Å². The lowest BCUT2D eigenvalue weighted by Gasteiger charge is -2.23. The third kappa shape index (κ3) is 3.99. The highest BCUT2D eigenvalue weighted by atomic mass is 35.5. The molecule has 4 aromatic rings. The number of thiazole rings is 1. The zero-order valence-corrected chi connectivity index (χ0v) is 20.4. The molecule has 1 aliphatic heterocycles. The van der Waals surface area contributed by atoms with E-state index in [9.17, 15) is 19.8 Å². The fraction of sp³-hybridized carbons (Fsp3) is 0.0800. The van der Waals surface area contributed by atoms with Crippen molar-refractivity contribution >= 4 is 67.3 Å². The molecule has 0 aliphatic carbocycles. The number of rotatable bonds is 4. The number of halogens is 2. The molecule has 1 atom stereocenters. The molecule has 1 unspecified atom stereocenters. The van der Waals surface area contributed by atoms with E-state index in [0.29, 0.717) is 21.9 Å². The molecule has 0 radical (unpaired) electrons. The summed E-state index contributed by atoms with van der Waals surface area (Å²) >= 11 is 13.6. The van der Waals surface area contributed by atoms with E-state index >= 15 is 0 Å². The van der Waals surface area contributed by atoms with Crippen LogP contribution in [0.2, 0.25) is 10.0 Å². The molecule has 176 valence electrons. The maximum Gasteiger partial charge on any atom is 0.301 e. The number of benzene rings is 3. The molecule has 2 heterocycles. The zero-order chi connectivity index (χ0) is 24.9. The summed E-state index contributed by atoms with van der Waals surface area (Å²) in [5, 5.41) is 22.0. The first-order chi connectivity index (χ1) is 16.8. The van der Waals surface area contributed by atoms with E-state index in [1.807, 2.05) is 0 Å². The van der Waals surface area contributed by atoms with E-state index < -0.39 is 23.5 Å². The van der Waals surface area contributed by atoms with Crippen LogP contribution in [0.25, 0.3) is 16.0 Å². The summed E-state index contributed by atoms with van der Waals surface area (Å²) in [6.07, 6.45) is 0. The molecule has 5 rings (SSSR count). The van der Waals surface area contributed by atoms with Crippen molar-refractivity contribution in [2.24, 2.45) is 0 Å². The molecular weight excluding hydrogens is 511 g/mol. The lowest BCUT2D eigenvalue weighted by Crippen LogP contribution is -2.29. The van der Waals surface area contributed by atoms with Crippen molar-refractivity contribution in [3.63, 3.8) is 0 Å². The smallest absolute Gasteiger partial charge is 0.301 e. The number of ether oxygens (including phenoxy) is 1. The third-order valence-electron chi connectivity index (χ3n) is 5.63. The normalized spacial score (nSPS) is 17.3. The number of carbonyl (C=O) groups is 2. The molecule has 1 aliphatic rings. The Kier molecular flexibility index (Phi) is 5.88. The van der Waals surface area contributed by atoms with Crippen molar-refractivity contribution in [3.05, 3.63) is 87.4 Å². The molecule has 2 N–H and O–H groups in total. The fourth-order valence-electron chi connectivity index (χ4n) is 3.95. The van der Waals surface area contributed by atoms with Gasteiger partial charge in [-0.25, -0.2) is 4.98 Å². The largest absolute Gasteiger partial charge is 0.508 e. The number of Topliss-reactive ketones (excluding diaryl/α,β-unsaturated/α-hetero) is 1. The van der Waals surface area contributed by atoms with Crippen LogP contribution in [0, 0.1) is 0 Å². The highest BCUT2D eigenvalue weighted by molar-refractivity contribution is 7.22. The van der Waals surface area contributed by atoms with Gasteiger partial charge in [0.25, 0.3) is 5.78 Å². The molecule has 1 fully saturated rings. The molecule has 7 nitrogen and oxygen atoms in total. The second-order valence-corrected chi connectivity index (χ2v) is 9.57. The molecular formula is C25H16Cl2N2O5S. The lowest BCUT2D eigenvalue weighted by molar-refractivity contribution is -0.132. The first kappa shape index (κ1) is 23.2. The monoisotopic (exact) mass is 526 g/mol. The van der Waals surface area contributed by atoms with Gasteiger partial charge in [0.15, 0.2) is 5.13 Å². The van der Waals surface area contributed by atoms with Crippen molar-refractivity contribution < 1.29 is 24.5 Å². The number of aliphatic hydroxyl groups is 1. The van der Waals surface area contributed by atoms with Crippen LogP contribution in [0.15, 0.2) is 66.2 Å². The Bertz CT molecular complexity index is 1530. The van der Waals surface area contributed by atoms with Gasteiger partial charge in [-0.2, -0.15) is 0 Å². The number of anilines is 1. The van der Waals surface area contributed by atoms with Crippen LogP contribution in [0.1, 0.15) is 17.2 Å². The maximum absolute atomic E-state index is 13.3. The van der Waals surface area contributed by atoms with Crippen molar-refractivity contribution in [3.8, 4) is 11.5 Å². The Morgan fingerprint density at radius 1 is 1.06 bits per heavy atom. The summed E-state index contributed by atoms with van der Waals surface area (Å²) in [4.78, 5) is 32.4. The van der Waals surface area contributed by atoms with Gasteiger partial charge in [0.05, 0.1) is 34.0 Å². The van der Waals surface area contributed by atoms with Gasteiger partial charge in [-0.1, -0.05) is 46.7 Å². The molecule has 1 aromatic heterocycles. The van der Waals surface area contributed by atoms with E-state index in [1.165, 1.54) is 47.6 Å². The van der Waals surface area contributed by atoms with Gasteiger partial charge in [-0.15, -0.1) is 0 Å². The minimum absolute atomic E-state index is 0.0103. The number of amides is 1. The minimum atomic E-state index is -1.02. The molecule has 1 amide bonds. The van der Waals surface area contributed by atoms with Gasteiger partial charge in [0.1, 0.15) is 17.3 Å². The SMILES string of the molecule is COc1ccc(Cl)c(/C(O)=C2\C(=O)C(=O)N(c3nc4ccc(Cl)cc4s3)C2c2ccc(O)cc2)c1. The number of aromatic hydroxyl groups is 1. The summed E-state index contributed by atoms with van der Waals surface area (Å²) in [7, 11) is 1.46. The van der Waals surface area contributed by atoms with Crippen molar-refractivity contribution in [2.45, 2.75) is 6.04 Å². The molecule has 0 bridgehead atoms. The van der Waals surface area contributed by atoms with E-state index in [4.69, 9.17) is 27.9 Å². The summed E-state index contributed by atoms with van der Waals surface area (Å²) < 4.78 is 5.96. The number of fused-ring (bicyclic) bond motifs is 1. The molecule has 35 heavy (non-hydrogen) atoms. The highest BCUT2D eigenvalue weighted by Gasteiger charge is 2.48. The number of phenols is 1. The zero-order valence-electron chi connectivity index (χ0n) is 18.0. The van der Waals surface area contributed by atoms with E-state index in [-0.39, 0.29) is 27.0 Å². The Labute approximate surface area is 213 Å². The van der Waals surface area contributed by atoms with Crippen LogP contribution in [0.4, 0.5) is 5.13 Å². The minimum Gasteiger partial charge on any atom is -0.508 e. The average Bonchev–Trinajstić information content (AvgIpc) is 3.37. The number of nitrogens with zero attached hydrogens (tertiary/aromatic N) is 2. The number of carbonyl (C=O) groups excluding carboxylic acids is 2. The Morgan fingerprint density at radius 2 is 1.80 bits per heavy atom. The first-order valence-electron chi connectivity index (χ1n) is 10.3. The molecule has 3 aromatic carbocycles. The van der Waals surface area contributed by atoms with Crippen LogP contribution in [-0.4, -0.2) is 34.0 Å². The van der Waals surface area contributed by atoms with Crippen LogP contribution >= 0.6 is 34.5 Å². The maximum atomic E-state index is 13.3. The number of hydrogen-bond donors (Lipinski definition) is 2. The van der Waals surface area contributed by atoms with Crippen LogP contribution in [-0.2, 0) is 9.59 Å². The second kappa shape index (κ2) is 8.88. The Morgan fingerprint density at radius 3 is 2.51 bits per heavy atom. The van der Waals surface area contributed by atoms with Gasteiger partial charge in [0.2, 0.25) is 0 Å². The van der Waals surface area contributed by atoms with Crippen molar-refractivity contribution in [1.82, 2.24) is 4.98 Å². The van der Waals surface area contributed by atoms with Gasteiger partial charge in [0, 0.05) is 10.6 Å². The molecule has 1 saturated heterocycles. The number of phenolic OH excluding ortho intramolecular Hbond substituents is 1. The standard InChI is InChI=1S/C25H16Cl2N2O5S/c1-34-15-7-8-17(27)16(11-15)22(31)20-21(12-2-5-14(30)6-3-12)29(24(33)23(20)32)25-28-18-9-4-13(26)10-19(18)35-25/h2-11,21,30-31H,1H3/b22-20+. The van der Waals surface area contributed by atoms with Gasteiger partial charge in [-0.05, 0) is 54.1 Å². The van der Waals surface area contributed by atoms with E-state index in [2.05, 4.69) is 4.98 Å². The summed E-state index contributed by atoms with van der Waals surface area (Å²) in [6.45, 7) is 0. The first-order valence-corrected chi connectivity index (χ1v) is 11.9. The predicted octanol–water partition coefficient (Wildman–Crippen LogP) is 5.94. The average molecular weight is 527 g/mol. The Hall–Kier alpha value is -3.59. The molecule has 10 heteroatoms. The van der Waals surface area contributed by atoms with Gasteiger partial charge < -0.3 is 14.9 Å². The van der Waals surface area contributed by atoms with Gasteiger partial charge in [-0.3, -0.25) is 14.5 Å². The van der Waals surface area contributed by atoms with Crippen molar-refractivity contribution in [2.75, 3.05) is 12.0 Å². The van der Waals surface area contributed by atoms with Crippen LogP contribution < -0.4 is 9.64 Å². The number of methoxy groups -OCH3 is 1.